The lowest BCUT2D eigenvalue weighted by atomic mass is 10.2. The summed E-state index contributed by atoms with van der Waals surface area (Å²) < 4.78 is 46.2. The maximum Gasteiger partial charge on any atom is 0.449 e. The first-order valence-electron chi connectivity index (χ1n) is 8.54. The van der Waals surface area contributed by atoms with Crippen LogP contribution >= 0.6 is 23.2 Å². The van der Waals surface area contributed by atoms with Crippen molar-refractivity contribution in [2.75, 3.05) is 11.9 Å². The van der Waals surface area contributed by atoms with Crippen LogP contribution < -0.4 is 5.32 Å². The van der Waals surface area contributed by atoms with Crippen LogP contribution in [-0.2, 0) is 22.3 Å². The SMILES string of the molecule is CC(=O)OCCn1c(C(F)(F)F)nc2c(NC(=O)c3c(Cl)cccc3Cl)cccc21. The van der Waals surface area contributed by atoms with Crippen molar-refractivity contribution < 1.29 is 27.5 Å². The average molecular weight is 460 g/mol. The Bertz CT molecular complexity index is 1110. The number of imidazole rings is 1. The van der Waals surface area contributed by atoms with Gasteiger partial charge < -0.3 is 14.6 Å². The number of carbonyl (C=O) groups is 2. The fraction of sp³-hybridized carbons (Fsp3) is 0.211. The maximum atomic E-state index is 13.5. The van der Waals surface area contributed by atoms with Crippen molar-refractivity contribution in [2.24, 2.45) is 0 Å². The van der Waals surface area contributed by atoms with E-state index in [4.69, 9.17) is 27.9 Å². The number of alkyl halides is 3. The normalized spacial score (nSPS) is 11.5. The number of hydrogen-bond donors (Lipinski definition) is 1. The topological polar surface area (TPSA) is 73.2 Å². The minimum Gasteiger partial charge on any atom is -0.464 e. The number of para-hydroxylation sites is 1. The number of halogens is 5. The molecular formula is C19H14Cl2F3N3O3. The minimum atomic E-state index is -4.76. The van der Waals surface area contributed by atoms with Crippen LogP contribution in [0.4, 0.5) is 18.9 Å². The Morgan fingerprint density at radius 1 is 1.13 bits per heavy atom. The molecule has 0 radical (unpaired) electrons. The van der Waals surface area contributed by atoms with Gasteiger partial charge in [-0.15, -0.1) is 0 Å². The molecule has 6 nitrogen and oxygen atoms in total. The summed E-state index contributed by atoms with van der Waals surface area (Å²) in [6.45, 7) is 0.624. The summed E-state index contributed by atoms with van der Waals surface area (Å²) in [5, 5.41) is 2.70. The quantitative estimate of drug-likeness (QED) is 0.533. The molecule has 0 bridgehead atoms. The highest BCUT2D eigenvalue weighted by atomic mass is 35.5. The van der Waals surface area contributed by atoms with E-state index in [0.717, 1.165) is 11.5 Å². The van der Waals surface area contributed by atoms with Gasteiger partial charge in [0, 0.05) is 6.92 Å². The zero-order chi connectivity index (χ0) is 22.1. The second-order valence-corrected chi connectivity index (χ2v) is 6.96. The fourth-order valence-electron chi connectivity index (χ4n) is 2.87. The van der Waals surface area contributed by atoms with Gasteiger partial charge in [-0.2, -0.15) is 13.2 Å². The van der Waals surface area contributed by atoms with Gasteiger partial charge in [0.25, 0.3) is 5.91 Å². The number of benzene rings is 2. The number of esters is 1. The summed E-state index contributed by atoms with van der Waals surface area (Å²) in [6.07, 6.45) is -4.76. The molecule has 0 saturated carbocycles. The number of nitrogens with zero attached hydrogens (tertiary/aromatic N) is 2. The number of amides is 1. The molecule has 3 aromatic rings. The van der Waals surface area contributed by atoms with Crippen LogP contribution in [0.2, 0.25) is 10.0 Å². The third kappa shape index (κ3) is 4.52. The summed E-state index contributed by atoms with van der Waals surface area (Å²) in [5.41, 5.74) is 0.0649. The van der Waals surface area contributed by atoms with Gasteiger partial charge in [-0.3, -0.25) is 9.59 Å². The second-order valence-electron chi connectivity index (χ2n) is 6.15. The van der Waals surface area contributed by atoms with Gasteiger partial charge in [0.2, 0.25) is 5.82 Å². The van der Waals surface area contributed by atoms with E-state index in [2.05, 4.69) is 10.3 Å². The number of hydrogen-bond acceptors (Lipinski definition) is 4. The zero-order valence-corrected chi connectivity index (χ0v) is 16.9. The van der Waals surface area contributed by atoms with Gasteiger partial charge in [-0.05, 0) is 24.3 Å². The molecule has 11 heteroatoms. The Morgan fingerprint density at radius 3 is 2.37 bits per heavy atom. The molecule has 0 aliphatic heterocycles. The van der Waals surface area contributed by atoms with Crippen LogP contribution in [0.15, 0.2) is 36.4 Å². The van der Waals surface area contributed by atoms with Crippen molar-refractivity contribution >= 4 is 51.8 Å². The zero-order valence-electron chi connectivity index (χ0n) is 15.4. The molecule has 3 rings (SSSR count). The Hall–Kier alpha value is -2.78. The molecule has 1 N–H and O–H groups in total. The summed E-state index contributed by atoms with van der Waals surface area (Å²) in [4.78, 5) is 27.3. The summed E-state index contributed by atoms with van der Waals surface area (Å²) in [5.74, 6) is -2.49. The third-order valence-corrected chi connectivity index (χ3v) is 4.72. The van der Waals surface area contributed by atoms with Gasteiger partial charge >= 0.3 is 12.1 Å². The second kappa shape index (κ2) is 8.53. The Labute approximate surface area is 178 Å². The van der Waals surface area contributed by atoms with E-state index in [-0.39, 0.29) is 45.5 Å². The molecule has 1 aromatic heterocycles. The Kier molecular flexibility index (Phi) is 6.23. The molecule has 0 aliphatic rings. The molecule has 0 atom stereocenters. The van der Waals surface area contributed by atoms with Crippen LogP contribution in [0.25, 0.3) is 11.0 Å². The summed E-state index contributed by atoms with van der Waals surface area (Å²) in [6, 6.07) is 8.79. The van der Waals surface area contributed by atoms with E-state index >= 15 is 0 Å². The highest BCUT2D eigenvalue weighted by Gasteiger charge is 2.38. The lowest BCUT2D eigenvalue weighted by molar-refractivity contribution is -0.147. The number of ether oxygens (including phenoxy) is 1. The molecule has 0 spiro atoms. The number of nitrogens with one attached hydrogen (secondary N) is 1. The minimum absolute atomic E-state index is 0.0110. The Balaban J connectivity index is 2.03. The van der Waals surface area contributed by atoms with Crippen molar-refractivity contribution in [3.8, 4) is 0 Å². The monoisotopic (exact) mass is 459 g/mol. The first kappa shape index (κ1) is 21.9. The van der Waals surface area contributed by atoms with E-state index in [1.54, 1.807) is 6.07 Å². The van der Waals surface area contributed by atoms with E-state index in [9.17, 15) is 22.8 Å². The first-order valence-corrected chi connectivity index (χ1v) is 9.30. The van der Waals surface area contributed by atoms with Crippen molar-refractivity contribution in [2.45, 2.75) is 19.6 Å². The Morgan fingerprint density at radius 2 is 1.77 bits per heavy atom. The summed E-state index contributed by atoms with van der Waals surface area (Å²) in [7, 11) is 0. The van der Waals surface area contributed by atoms with Gasteiger partial charge in [0.05, 0.1) is 33.4 Å². The number of carbonyl (C=O) groups excluding carboxylic acids is 2. The van der Waals surface area contributed by atoms with E-state index < -0.39 is 23.9 Å². The van der Waals surface area contributed by atoms with Crippen molar-refractivity contribution in [3.63, 3.8) is 0 Å². The van der Waals surface area contributed by atoms with E-state index in [0.29, 0.717) is 0 Å². The van der Waals surface area contributed by atoms with Crippen LogP contribution in [-0.4, -0.2) is 28.0 Å². The molecule has 1 heterocycles. The summed E-state index contributed by atoms with van der Waals surface area (Å²) >= 11 is 12.1. The van der Waals surface area contributed by atoms with E-state index in [1.807, 2.05) is 0 Å². The largest absolute Gasteiger partial charge is 0.464 e. The van der Waals surface area contributed by atoms with Crippen LogP contribution in [0.1, 0.15) is 23.1 Å². The average Bonchev–Trinajstić information content (AvgIpc) is 3.01. The number of fused-ring (bicyclic) bond motifs is 1. The molecule has 0 aliphatic carbocycles. The fourth-order valence-corrected chi connectivity index (χ4v) is 3.44. The predicted octanol–water partition coefficient (Wildman–Crippen LogP) is 5.18. The molecule has 2 aromatic carbocycles. The van der Waals surface area contributed by atoms with Crippen LogP contribution in [0.5, 0.6) is 0 Å². The lowest BCUT2D eigenvalue weighted by Crippen LogP contribution is -2.18. The number of anilines is 1. The van der Waals surface area contributed by atoms with Gasteiger partial charge in [-0.1, -0.05) is 35.3 Å². The third-order valence-electron chi connectivity index (χ3n) is 4.09. The highest BCUT2D eigenvalue weighted by Crippen LogP contribution is 2.34. The van der Waals surface area contributed by atoms with Crippen LogP contribution in [0.3, 0.4) is 0 Å². The van der Waals surface area contributed by atoms with E-state index in [1.165, 1.54) is 30.3 Å². The number of rotatable bonds is 5. The molecule has 0 fully saturated rings. The maximum absolute atomic E-state index is 13.5. The molecule has 0 saturated heterocycles. The molecule has 1 amide bonds. The van der Waals surface area contributed by atoms with Gasteiger partial charge in [0.1, 0.15) is 12.1 Å². The van der Waals surface area contributed by atoms with Crippen molar-refractivity contribution in [3.05, 3.63) is 57.8 Å². The van der Waals surface area contributed by atoms with Crippen molar-refractivity contribution in [1.29, 1.82) is 0 Å². The number of aromatic nitrogens is 2. The van der Waals surface area contributed by atoms with Crippen LogP contribution in [0, 0.1) is 0 Å². The standard InChI is InChI=1S/C19H14Cl2F3N3O3/c1-10(28)30-9-8-27-14-7-3-6-13(16(14)26-18(27)19(22,23)24)25-17(29)15-11(20)4-2-5-12(15)21/h2-7H,8-9H2,1H3,(H,25,29). The highest BCUT2D eigenvalue weighted by molar-refractivity contribution is 6.40. The smallest absolute Gasteiger partial charge is 0.449 e. The lowest BCUT2D eigenvalue weighted by Gasteiger charge is -2.11. The molecule has 30 heavy (non-hydrogen) atoms. The molecule has 0 unspecified atom stereocenters. The van der Waals surface area contributed by atoms with Gasteiger partial charge in [0.15, 0.2) is 0 Å². The molecule has 158 valence electrons. The van der Waals surface area contributed by atoms with Crippen molar-refractivity contribution in [1.82, 2.24) is 9.55 Å². The first-order chi connectivity index (χ1) is 14.1. The predicted molar refractivity (Wildman–Crippen MR) is 106 cm³/mol. The van der Waals surface area contributed by atoms with Gasteiger partial charge in [-0.25, -0.2) is 4.98 Å². The molecular weight excluding hydrogens is 446 g/mol.